The summed E-state index contributed by atoms with van der Waals surface area (Å²) in [6.45, 7) is 12.4. The van der Waals surface area contributed by atoms with Gasteiger partial charge in [-0.05, 0) is 63.0 Å². The van der Waals surface area contributed by atoms with Gasteiger partial charge in [0.15, 0.2) is 5.79 Å². The number of carbonyl (C=O) groups is 1. The van der Waals surface area contributed by atoms with Gasteiger partial charge >= 0.3 is 0 Å². The van der Waals surface area contributed by atoms with Crippen molar-refractivity contribution in [3.05, 3.63) is 70.3 Å². The van der Waals surface area contributed by atoms with Gasteiger partial charge in [0.25, 0.3) is 0 Å². The van der Waals surface area contributed by atoms with E-state index in [1.807, 2.05) is 58.0 Å². The van der Waals surface area contributed by atoms with E-state index in [4.69, 9.17) is 32.7 Å². The highest BCUT2D eigenvalue weighted by molar-refractivity contribution is 6.31. The summed E-state index contributed by atoms with van der Waals surface area (Å²) in [5.74, 6) is -0.610. The minimum absolute atomic E-state index is 0.00392. The number of ether oxygens (including phenoxy) is 2. The lowest BCUT2D eigenvalue weighted by molar-refractivity contribution is -0.149. The molecule has 2 aliphatic rings. The van der Waals surface area contributed by atoms with Crippen molar-refractivity contribution in [2.75, 3.05) is 6.61 Å². The van der Waals surface area contributed by atoms with E-state index in [1.165, 1.54) is 0 Å². The molecular formula is C25H31Cl2NO3. The van der Waals surface area contributed by atoms with Crippen LogP contribution in [0.3, 0.4) is 0 Å². The first-order chi connectivity index (χ1) is 14.5. The summed E-state index contributed by atoms with van der Waals surface area (Å²) >= 11 is 12.4. The highest BCUT2D eigenvalue weighted by Crippen LogP contribution is 2.45. The Bertz CT molecular complexity index is 908. The molecule has 1 aromatic carbocycles. The lowest BCUT2D eigenvalue weighted by atomic mass is 9.68. The summed E-state index contributed by atoms with van der Waals surface area (Å²) in [4.78, 5) is 13.3. The molecule has 0 aliphatic carbocycles. The van der Waals surface area contributed by atoms with Gasteiger partial charge < -0.3 is 14.8 Å². The Morgan fingerprint density at radius 2 is 2.06 bits per heavy atom. The molecule has 0 aromatic heterocycles. The van der Waals surface area contributed by atoms with Crippen molar-refractivity contribution < 1.29 is 14.3 Å². The van der Waals surface area contributed by atoms with Crippen LogP contribution in [-0.4, -0.2) is 30.4 Å². The number of piperidine rings is 1. The van der Waals surface area contributed by atoms with E-state index in [0.717, 1.165) is 11.1 Å². The SMILES string of the molecule is C=C(/C=C\C(Cl)=C/C)[C@H]1NC(=O)C(C)(CC2COC(C)(C)O2)C[C@@H]1c1cccc(Cl)c1. The van der Waals surface area contributed by atoms with Crippen LogP contribution in [0.5, 0.6) is 0 Å². The van der Waals surface area contributed by atoms with Crippen molar-refractivity contribution in [3.8, 4) is 0 Å². The number of amides is 1. The van der Waals surface area contributed by atoms with E-state index in [-0.39, 0.29) is 24.0 Å². The van der Waals surface area contributed by atoms with Crippen LogP contribution in [-0.2, 0) is 14.3 Å². The topological polar surface area (TPSA) is 47.6 Å². The Hall–Kier alpha value is -1.59. The van der Waals surface area contributed by atoms with Crippen LogP contribution in [0.25, 0.3) is 0 Å². The minimum Gasteiger partial charge on any atom is -0.348 e. The zero-order valence-electron chi connectivity index (χ0n) is 18.6. The molecule has 6 heteroatoms. The highest BCUT2D eigenvalue weighted by atomic mass is 35.5. The van der Waals surface area contributed by atoms with Crippen molar-refractivity contribution in [2.24, 2.45) is 5.41 Å². The van der Waals surface area contributed by atoms with Crippen molar-refractivity contribution in [1.29, 1.82) is 0 Å². The summed E-state index contributed by atoms with van der Waals surface area (Å²) < 4.78 is 11.7. The summed E-state index contributed by atoms with van der Waals surface area (Å²) in [6.07, 6.45) is 6.57. The molecule has 1 N–H and O–H groups in total. The number of nitrogens with one attached hydrogen (secondary N) is 1. The van der Waals surface area contributed by atoms with Crippen LogP contribution in [0.2, 0.25) is 5.02 Å². The second kappa shape index (κ2) is 9.50. The van der Waals surface area contributed by atoms with E-state index >= 15 is 0 Å². The molecule has 4 atom stereocenters. The zero-order chi connectivity index (χ0) is 22.8. The molecule has 1 amide bonds. The quantitative estimate of drug-likeness (QED) is 0.517. The molecule has 4 nitrogen and oxygen atoms in total. The molecule has 0 radical (unpaired) electrons. The molecule has 1 aromatic rings. The van der Waals surface area contributed by atoms with E-state index in [0.29, 0.717) is 29.5 Å². The highest BCUT2D eigenvalue weighted by Gasteiger charge is 2.48. The average molecular weight is 464 g/mol. The number of benzene rings is 1. The standard InChI is InChI=1S/C25H31Cl2NO3/c1-6-18(26)11-10-16(2)22-21(17-8-7-9-19(27)12-17)14-25(5,23(29)28-22)13-20-15-30-24(3,4)31-20/h6-12,20-22H,2,13-15H2,1,3-5H3,(H,28,29)/b11-10-,18-6+/t20?,21-,22-,25?/m1/s1. The molecule has 0 bridgehead atoms. The van der Waals surface area contributed by atoms with E-state index < -0.39 is 11.2 Å². The second-order valence-corrected chi connectivity index (χ2v) is 9.99. The first-order valence-electron chi connectivity index (χ1n) is 10.6. The lowest BCUT2D eigenvalue weighted by Gasteiger charge is -2.44. The molecule has 2 saturated heterocycles. The number of rotatable bonds is 6. The largest absolute Gasteiger partial charge is 0.348 e. The van der Waals surface area contributed by atoms with Gasteiger partial charge in [0.2, 0.25) is 5.91 Å². The Balaban J connectivity index is 1.89. The van der Waals surface area contributed by atoms with Gasteiger partial charge in [-0.25, -0.2) is 0 Å². The molecule has 31 heavy (non-hydrogen) atoms. The van der Waals surface area contributed by atoms with Crippen molar-refractivity contribution in [2.45, 2.75) is 64.4 Å². The predicted molar refractivity (Wildman–Crippen MR) is 126 cm³/mol. The third kappa shape index (κ3) is 5.81. The fourth-order valence-electron chi connectivity index (χ4n) is 4.44. The number of hydrogen-bond donors (Lipinski definition) is 1. The summed E-state index contributed by atoms with van der Waals surface area (Å²) in [6, 6.07) is 7.55. The average Bonchev–Trinajstić information content (AvgIpc) is 3.05. The van der Waals surface area contributed by atoms with Gasteiger partial charge in [-0.1, -0.05) is 61.0 Å². The van der Waals surface area contributed by atoms with Crippen molar-refractivity contribution >= 4 is 29.1 Å². The Kier molecular flexibility index (Phi) is 7.37. The summed E-state index contributed by atoms with van der Waals surface area (Å²) in [5, 5.41) is 4.51. The van der Waals surface area contributed by atoms with Gasteiger partial charge in [0.05, 0.1) is 18.8 Å². The number of halogens is 2. The monoisotopic (exact) mass is 463 g/mol. The maximum absolute atomic E-state index is 13.3. The van der Waals surface area contributed by atoms with Crippen LogP contribution in [0, 0.1) is 5.41 Å². The van der Waals surface area contributed by atoms with Gasteiger partial charge in [-0.15, -0.1) is 0 Å². The molecular weight excluding hydrogens is 433 g/mol. The Morgan fingerprint density at radius 3 is 2.68 bits per heavy atom. The van der Waals surface area contributed by atoms with E-state index in [2.05, 4.69) is 18.0 Å². The lowest BCUT2D eigenvalue weighted by Crippen LogP contribution is -2.54. The molecule has 3 rings (SSSR count). The van der Waals surface area contributed by atoms with Crippen LogP contribution in [0.1, 0.15) is 52.0 Å². The second-order valence-electron chi connectivity index (χ2n) is 9.11. The normalized spacial score (nSPS) is 31.1. The zero-order valence-corrected chi connectivity index (χ0v) is 20.1. The van der Waals surface area contributed by atoms with Crippen LogP contribution in [0.4, 0.5) is 0 Å². The smallest absolute Gasteiger partial charge is 0.226 e. The first kappa shape index (κ1) is 24.1. The molecule has 2 fully saturated rings. The fraction of sp³-hybridized carbons (Fsp3) is 0.480. The summed E-state index contributed by atoms with van der Waals surface area (Å²) in [7, 11) is 0. The predicted octanol–water partition coefficient (Wildman–Crippen LogP) is 6.12. The third-order valence-corrected chi connectivity index (χ3v) is 6.64. The minimum atomic E-state index is -0.619. The van der Waals surface area contributed by atoms with E-state index in [1.54, 1.807) is 6.08 Å². The third-order valence-electron chi connectivity index (χ3n) is 6.06. The van der Waals surface area contributed by atoms with E-state index in [9.17, 15) is 4.79 Å². The maximum Gasteiger partial charge on any atom is 0.226 e. The number of carbonyl (C=O) groups excluding carboxylic acids is 1. The van der Waals surface area contributed by atoms with Crippen molar-refractivity contribution in [3.63, 3.8) is 0 Å². The van der Waals surface area contributed by atoms with Gasteiger partial charge in [-0.3, -0.25) is 4.79 Å². The van der Waals surface area contributed by atoms with Gasteiger partial charge in [0, 0.05) is 21.4 Å². The Labute approximate surface area is 195 Å². The molecule has 2 heterocycles. The number of hydrogen-bond acceptors (Lipinski definition) is 3. The Morgan fingerprint density at radius 1 is 1.32 bits per heavy atom. The van der Waals surface area contributed by atoms with Crippen LogP contribution < -0.4 is 5.32 Å². The molecule has 0 saturated carbocycles. The van der Waals surface area contributed by atoms with Crippen LogP contribution in [0.15, 0.2) is 59.7 Å². The fourth-order valence-corrected chi connectivity index (χ4v) is 4.70. The maximum atomic E-state index is 13.3. The molecule has 0 spiro atoms. The molecule has 168 valence electrons. The summed E-state index contributed by atoms with van der Waals surface area (Å²) in [5.41, 5.74) is 1.25. The van der Waals surface area contributed by atoms with Gasteiger partial charge in [0.1, 0.15) is 0 Å². The van der Waals surface area contributed by atoms with Crippen molar-refractivity contribution in [1.82, 2.24) is 5.32 Å². The van der Waals surface area contributed by atoms with Gasteiger partial charge in [-0.2, -0.15) is 0 Å². The number of allylic oxidation sites excluding steroid dienone is 3. The molecule has 2 unspecified atom stereocenters. The van der Waals surface area contributed by atoms with Crippen LogP contribution >= 0.6 is 23.2 Å². The molecule has 2 aliphatic heterocycles. The first-order valence-corrected chi connectivity index (χ1v) is 11.4.